The SMILES string of the molecule is COc1cccc(OC)c1C(=O)Nc1cccc(NC(=O)CCNC(=O)OC(C)(C)C)c1. The highest BCUT2D eigenvalue weighted by Crippen LogP contribution is 2.29. The van der Waals surface area contributed by atoms with Crippen LogP contribution in [0.4, 0.5) is 16.2 Å². The molecule has 0 bridgehead atoms. The summed E-state index contributed by atoms with van der Waals surface area (Å²) in [6.45, 7) is 5.41. The smallest absolute Gasteiger partial charge is 0.407 e. The van der Waals surface area contributed by atoms with Crippen LogP contribution in [0, 0.1) is 0 Å². The Bertz CT molecular complexity index is 946. The zero-order chi connectivity index (χ0) is 23.7. The predicted octanol–water partition coefficient (Wildman–Crippen LogP) is 3.81. The van der Waals surface area contributed by atoms with Gasteiger partial charge in [-0.2, -0.15) is 0 Å². The van der Waals surface area contributed by atoms with Gasteiger partial charge in [0.05, 0.1) is 14.2 Å². The van der Waals surface area contributed by atoms with Crippen molar-refractivity contribution in [3.63, 3.8) is 0 Å². The molecule has 0 radical (unpaired) electrons. The van der Waals surface area contributed by atoms with Gasteiger partial charge in [0.15, 0.2) is 0 Å². The first kappa shape index (κ1) is 24.5. The first-order valence-electron chi connectivity index (χ1n) is 10.0. The first-order valence-corrected chi connectivity index (χ1v) is 10.0. The Hall–Kier alpha value is -3.75. The molecule has 32 heavy (non-hydrogen) atoms. The third kappa shape index (κ3) is 7.50. The van der Waals surface area contributed by atoms with Crippen molar-refractivity contribution in [1.82, 2.24) is 5.32 Å². The summed E-state index contributed by atoms with van der Waals surface area (Å²) in [5, 5.41) is 8.04. The van der Waals surface area contributed by atoms with Crippen molar-refractivity contribution in [3.05, 3.63) is 48.0 Å². The number of amides is 3. The fourth-order valence-corrected chi connectivity index (χ4v) is 2.76. The number of benzene rings is 2. The van der Waals surface area contributed by atoms with Crippen LogP contribution in [0.5, 0.6) is 11.5 Å². The van der Waals surface area contributed by atoms with Crippen LogP contribution >= 0.6 is 0 Å². The Balaban J connectivity index is 1.96. The number of carbonyl (C=O) groups is 3. The molecule has 0 unspecified atom stereocenters. The maximum Gasteiger partial charge on any atom is 0.407 e. The number of hydrogen-bond acceptors (Lipinski definition) is 6. The number of carbonyl (C=O) groups excluding carboxylic acids is 3. The summed E-state index contributed by atoms with van der Waals surface area (Å²) in [6.07, 6.45) is -0.518. The van der Waals surface area contributed by atoms with E-state index in [0.29, 0.717) is 22.9 Å². The Kier molecular flexibility index (Phi) is 8.46. The van der Waals surface area contributed by atoms with Crippen molar-refractivity contribution in [2.45, 2.75) is 32.8 Å². The lowest BCUT2D eigenvalue weighted by Crippen LogP contribution is -2.34. The topological polar surface area (TPSA) is 115 Å². The van der Waals surface area contributed by atoms with Gasteiger partial charge in [-0.15, -0.1) is 0 Å². The third-order valence-corrected chi connectivity index (χ3v) is 4.08. The summed E-state index contributed by atoms with van der Waals surface area (Å²) in [7, 11) is 2.94. The largest absolute Gasteiger partial charge is 0.496 e. The summed E-state index contributed by atoms with van der Waals surface area (Å²) >= 11 is 0. The average molecular weight is 444 g/mol. The quantitative estimate of drug-likeness (QED) is 0.572. The number of nitrogens with one attached hydrogen (secondary N) is 3. The van der Waals surface area contributed by atoms with Crippen LogP contribution in [0.3, 0.4) is 0 Å². The second-order valence-corrected chi connectivity index (χ2v) is 7.80. The number of alkyl carbamates (subject to hydrolysis) is 1. The summed E-state index contributed by atoms with van der Waals surface area (Å²) in [6, 6.07) is 11.8. The van der Waals surface area contributed by atoms with E-state index in [1.165, 1.54) is 14.2 Å². The Labute approximate surface area is 187 Å². The van der Waals surface area contributed by atoms with E-state index < -0.39 is 17.6 Å². The van der Waals surface area contributed by atoms with Gasteiger partial charge in [0.25, 0.3) is 5.91 Å². The number of rotatable bonds is 8. The monoisotopic (exact) mass is 443 g/mol. The third-order valence-electron chi connectivity index (χ3n) is 4.08. The van der Waals surface area contributed by atoms with E-state index in [2.05, 4.69) is 16.0 Å². The summed E-state index contributed by atoms with van der Waals surface area (Å²) in [5.74, 6) is 0.0489. The molecular formula is C23H29N3O6. The molecule has 2 aromatic rings. The van der Waals surface area contributed by atoms with Gasteiger partial charge >= 0.3 is 6.09 Å². The zero-order valence-corrected chi connectivity index (χ0v) is 18.9. The zero-order valence-electron chi connectivity index (χ0n) is 18.9. The maximum absolute atomic E-state index is 12.8. The van der Waals surface area contributed by atoms with Crippen LogP contribution in [-0.2, 0) is 9.53 Å². The molecule has 0 spiro atoms. The van der Waals surface area contributed by atoms with Crippen LogP contribution < -0.4 is 25.4 Å². The van der Waals surface area contributed by atoms with E-state index in [9.17, 15) is 14.4 Å². The number of methoxy groups -OCH3 is 2. The molecule has 0 saturated heterocycles. The molecule has 0 saturated carbocycles. The second kappa shape index (κ2) is 11.0. The minimum absolute atomic E-state index is 0.0637. The van der Waals surface area contributed by atoms with Crippen molar-refractivity contribution in [1.29, 1.82) is 0 Å². The molecule has 0 aliphatic carbocycles. The number of hydrogen-bond donors (Lipinski definition) is 3. The molecule has 2 aromatic carbocycles. The molecule has 2 rings (SSSR count). The predicted molar refractivity (Wildman–Crippen MR) is 121 cm³/mol. The van der Waals surface area contributed by atoms with Crippen molar-refractivity contribution >= 4 is 29.3 Å². The molecule has 0 heterocycles. The van der Waals surface area contributed by atoms with Gasteiger partial charge in [-0.3, -0.25) is 9.59 Å². The van der Waals surface area contributed by atoms with Gasteiger partial charge in [0.2, 0.25) is 5.91 Å². The van der Waals surface area contributed by atoms with Crippen LogP contribution in [0.15, 0.2) is 42.5 Å². The van der Waals surface area contributed by atoms with Crippen molar-refractivity contribution in [3.8, 4) is 11.5 Å². The molecule has 9 heteroatoms. The van der Waals surface area contributed by atoms with Crippen LogP contribution in [0.1, 0.15) is 37.6 Å². The van der Waals surface area contributed by atoms with E-state index in [1.807, 2.05) is 0 Å². The van der Waals surface area contributed by atoms with Gasteiger partial charge in [-0.1, -0.05) is 12.1 Å². The second-order valence-electron chi connectivity index (χ2n) is 7.80. The minimum atomic E-state index is -0.606. The first-order chi connectivity index (χ1) is 15.1. The van der Waals surface area contributed by atoms with E-state index in [1.54, 1.807) is 63.2 Å². The molecule has 0 atom stereocenters. The van der Waals surface area contributed by atoms with Crippen LogP contribution in [0.25, 0.3) is 0 Å². The normalized spacial score (nSPS) is 10.7. The van der Waals surface area contributed by atoms with Crippen LogP contribution in [0.2, 0.25) is 0 Å². The lowest BCUT2D eigenvalue weighted by Gasteiger charge is -2.19. The molecule has 0 aromatic heterocycles. The fourth-order valence-electron chi connectivity index (χ4n) is 2.76. The summed E-state index contributed by atoms with van der Waals surface area (Å²) in [5.41, 5.74) is 0.634. The molecule has 0 fully saturated rings. The molecule has 0 aliphatic heterocycles. The molecule has 3 amide bonds. The number of ether oxygens (including phenoxy) is 3. The Morgan fingerprint density at radius 1 is 0.875 bits per heavy atom. The van der Waals surface area contributed by atoms with Crippen molar-refractivity contribution in [2.75, 3.05) is 31.4 Å². The summed E-state index contributed by atoms with van der Waals surface area (Å²) in [4.78, 5) is 36.6. The van der Waals surface area contributed by atoms with Gasteiger partial charge < -0.3 is 30.2 Å². The van der Waals surface area contributed by atoms with Crippen molar-refractivity contribution < 1.29 is 28.6 Å². The summed E-state index contributed by atoms with van der Waals surface area (Å²) < 4.78 is 15.7. The van der Waals surface area contributed by atoms with Gasteiger partial charge in [0, 0.05) is 24.3 Å². The standard InChI is InChI=1S/C23H29N3O6/c1-23(2,3)32-22(29)24-13-12-19(27)25-15-8-6-9-16(14-15)26-21(28)20-17(30-4)10-7-11-18(20)31-5/h6-11,14H,12-13H2,1-5H3,(H,24,29)(H,25,27)(H,26,28). The molecular weight excluding hydrogens is 414 g/mol. The molecule has 3 N–H and O–H groups in total. The highest BCUT2D eigenvalue weighted by atomic mass is 16.6. The van der Waals surface area contributed by atoms with Gasteiger partial charge in [-0.05, 0) is 51.1 Å². The highest BCUT2D eigenvalue weighted by Gasteiger charge is 2.19. The van der Waals surface area contributed by atoms with E-state index >= 15 is 0 Å². The Morgan fingerprint density at radius 3 is 2.00 bits per heavy atom. The lowest BCUT2D eigenvalue weighted by molar-refractivity contribution is -0.116. The fraction of sp³-hybridized carbons (Fsp3) is 0.348. The average Bonchev–Trinajstić information content (AvgIpc) is 2.71. The van der Waals surface area contributed by atoms with Crippen molar-refractivity contribution in [2.24, 2.45) is 0 Å². The number of anilines is 2. The molecule has 172 valence electrons. The lowest BCUT2D eigenvalue weighted by atomic mass is 10.1. The van der Waals surface area contributed by atoms with E-state index in [-0.39, 0.29) is 24.4 Å². The maximum atomic E-state index is 12.8. The highest BCUT2D eigenvalue weighted by molar-refractivity contribution is 6.08. The van der Waals surface area contributed by atoms with E-state index in [4.69, 9.17) is 14.2 Å². The van der Waals surface area contributed by atoms with E-state index in [0.717, 1.165) is 0 Å². The van der Waals surface area contributed by atoms with Gasteiger partial charge in [-0.25, -0.2) is 4.79 Å². The van der Waals surface area contributed by atoms with Gasteiger partial charge in [0.1, 0.15) is 22.7 Å². The molecule has 0 aliphatic rings. The van der Waals surface area contributed by atoms with Crippen LogP contribution in [-0.4, -0.2) is 44.3 Å². The Morgan fingerprint density at radius 2 is 1.44 bits per heavy atom. The molecule has 9 nitrogen and oxygen atoms in total. The minimum Gasteiger partial charge on any atom is -0.496 e.